The fourth-order valence-electron chi connectivity index (χ4n) is 1.62. The van der Waals surface area contributed by atoms with E-state index in [9.17, 15) is 9.90 Å². The molecular formula is C13H20N2O3. The summed E-state index contributed by atoms with van der Waals surface area (Å²) < 4.78 is 5.45. The Hall–Kier alpha value is -1.65. The maximum Gasteiger partial charge on any atom is 0.314 e. The van der Waals surface area contributed by atoms with Crippen LogP contribution in [0, 0.1) is 5.92 Å². The maximum absolute atomic E-state index is 11.2. The third kappa shape index (κ3) is 4.31. The van der Waals surface area contributed by atoms with Crippen molar-refractivity contribution >= 4 is 5.97 Å². The summed E-state index contributed by atoms with van der Waals surface area (Å²) in [5, 5.41) is 9.23. The summed E-state index contributed by atoms with van der Waals surface area (Å²) in [7, 11) is 0. The average molecular weight is 252 g/mol. The van der Waals surface area contributed by atoms with Crippen molar-refractivity contribution in [1.82, 2.24) is 9.97 Å². The van der Waals surface area contributed by atoms with E-state index < -0.39 is 11.9 Å². The highest BCUT2D eigenvalue weighted by atomic mass is 16.5. The second kappa shape index (κ2) is 6.33. The Morgan fingerprint density at radius 1 is 1.39 bits per heavy atom. The summed E-state index contributed by atoms with van der Waals surface area (Å²) in [6, 6.07) is 1.64. The predicted octanol–water partition coefficient (Wildman–Crippen LogP) is 2.48. The van der Waals surface area contributed by atoms with Crippen molar-refractivity contribution in [2.75, 3.05) is 0 Å². The lowest BCUT2D eigenvalue weighted by Crippen LogP contribution is -2.18. The number of rotatable bonds is 6. The molecule has 0 fully saturated rings. The first kappa shape index (κ1) is 14.4. The first-order valence-corrected chi connectivity index (χ1v) is 6.12. The number of carboxylic acids is 1. The van der Waals surface area contributed by atoms with Gasteiger partial charge >= 0.3 is 5.97 Å². The van der Waals surface area contributed by atoms with Crippen LogP contribution in [0.3, 0.4) is 0 Å². The van der Waals surface area contributed by atoms with E-state index in [0.717, 1.165) is 0 Å². The smallest absolute Gasteiger partial charge is 0.314 e. The van der Waals surface area contributed by atoms with Gasteiger partial charge in [0.1, 0.15) is 11.7 Å². The normalized spacial score (nSPS) is 12.8. The van der Waals surface area contributed by atoms with Crippen LogP contribution < -0.4 is 4.74 Å². The van der Waals surface area contributed by atoms with Gasteiger partial charge < -0.3 is 9.84 Å². The number of carboxylic acid groups (broad SMARTS) is 1. The number of ether oxygens (including phenoxy) is 1. The van der Waals surface area contributed by atoms with Gasteiger partial charge in [-0.3, -0.25) is 4.79 Å². The van der Waals surface area contributed by atoms with Crippen LogP contribution in [-0.2, 0) is 4.79 Å². The van der Waals surface area contributed by atoms with Crippen LogP contribution in [-0.4, -0.2) is 27.1 Å². The number of hydrogen-bond donors (Lipinski definition) is 1. The van der Waals surface area contributed by atoms with Gasteiger partial charge in [0.15, 0.2) is 0 Å². The van der Waals surface area contributed by atoms with Gasteiger partial charge in [-0.2, -0.15) is 4.98 Å². The van der Waals surface area contributed by atoms with Crippen molar-refractivity contribution in [3.05, 3.63) is 18.1 Å². The van der Waals surface area contributed by atoms with Gasteiger partial charge in [0.05, 0.1) is 6.10 Å². The molecule has 1 aromatic heterocycles. The molecule has 0 spiro atoms. The lowest BCUT2D eigenvalue weighted by Gasteiger charge is -2.15. The highest BCUT2D eigenvalue weighted by Crippen LogP contribution is 2.22. The monoisotopic (exact) mass is 252 g/mol. The molecule has 0 saturated carbocycles. The first-order valence-electron chi connectivity index (χ1n) is 6.12. The third-order valence-electron chi connectivity index (χ3n) is 2.32. The summed E-state index contributed by atoms with van der Waals surface area (Å²) in [5.74, 6) is -0.574. The van der Waals surface area contributed by atoms with E-state index in [1.807, 2.05) is 27.7 Å². The molecule has 0 aromatic carbocycles. The molecule has 5 heteroatoms. The molecule has 1 N–H and O–H groups in total. The highest BCUT2D eigenvalue weighted by molar-refractivity contribution is 5.74. The summed E-state index contributed by atoms with van der Waals surface area (Å²) in [5.41, 5.74) is 0. The van der Waals surface area contributed by atoms with Crippen molar-refractivity contribution in [3.63, 3.8) is 0 Å². The molecule has 0 saturated heterocycles. The van der Waals surface area contributed by atoms with Crippen molar-refractivity contribution in [2.24, 2.45) is 5.92 Å². The Morgan fingerprint density at radius 3 is 2.56 bits per heavy atom. The van der Waals surface area contributed by atoms with E-state index in [1.165, 1.54) is 6.20 Å². The van der Waals surface area contributed by atoms with Gasteiger partial charge in [-0.05, 0) is 26.2 Å². The van der Waals surface area contributed by atoms with Crippen LogP contribution in [0.15, 0.2) is 12.3 Å². The highest BCUT2D eigenvalue weighted by Gasteiger charge is 2.24. The maximum atomic E-state index is 11.2. The van der Waals surface area contributed by atoms with Gasteiger partial charge in [-0.15, -0.1) is 0 Å². The molecule has 0 aliphatic heterocycles. The van der Waals surface area contributed by atoms with Crippen molar-refractivity contribution in [2.45, 2.75) is 46.1 Å². The topological polar surface area (TPSA) is 72.3 Å². The molecule has 1 aromatic rings. The largest absolute Gasteiger partial charge is 0.481 e. The van der Waals surface area contributed by atoms with Crippen molar-refractivity contribution in [1.29, 1.82) is 0 Å². The molecule has 0 aliphatic rings. The number of aromatic nitrogens is 2. The van der Waals surface area contributed by atoms with E-state index in [1.54, 1.807) is 6.07 Å². The zero-order valence-electron chi connectivity index (χ0n) is 11.3. The fourth-order valence-corrected chi connectivity index (χ4v) is 1.62. The fraction of sp³-hybridized carbons (Fsp3) is 0.615. The van der Waals surface area contributed by atoms with Crippen molar-refractivity contribution in [3.8, 4) is 5.88 Å². The summed E-state index contributed by atoms with van der Waals surface area (Å²) >= 11 is 0. The van der Waals surface area contributed by atoms with Crippen LogP contribution in [0.1, 0.15) is 45.9 Å². The first-order chi connectivity index (χ1) is 8.40. The molecule has 100 valence electrons. The molecular weight excluding hydrogens is 232 g/mol. The van der Waals surface area contributed by atoms with Gasteiger partial charge in [-0.25, -0.2) is 4.98 Å². The van der Waals surface area contributed by atoms with E-state index in [-0.39, 0.29) is 12.0 Å². The molecule has 5 nitrogen and oxygen atoms in total. The van der Waals surface area contributed by atoms with Crippen LogP contribution in [0.2, 0.25) is 0 Å². The summed E-state index contributed by atoms with van der Waals surface area (Å²) in [4.78, 5) is 19.5. The minimum absolute atomic E-state index is 0.00104. The molecule has 1 unspecified atom stereocenters. The van der Waals surface area contributed by atoms with Crippen LogP contribution in [0.5, 0.6) is 5.88 Å². The number of carbonyl (C=O) groups is 1. The predicted molar refractivity (Wildman–Crippen MR) is 67.6 cm³/mol. The molecule has 1 heterocycles. The Labute approximate surface area is 107 Å². The lowest BCUT2D eigenvalue weighted by molar-refractivity contribution is -0.139. The SMILES string of the molecule is CC(C)CC(C(=O)O)c1nccc(OC(C)C)n1. The second-order valence-corrected chi connectivity index (χ2v) is 4.94. The molecule has 0 radical (unpaired) electrons. The lowest BCUT2D eigenvalue weighted by atomic mass is 9.96. The number of nitrogens with zero attached hydrogens (tertiary/aromatic N) is 2. The Morgan fingerprint density at radius 2 is 2.06 bits per heavy atom. The Balaban J connectivity index is 2.94. The Bertz CT molecular complexity index is 405. The standard InChI is InChI=1S/C13H20N2O3/c1-8(2)7-10(13(16)17)12-14-6-5-11(15-12)18-9(3)4/h5-6,8-10H,7H2,1-4H3,(H,16,17). The molecule has 1 rings (SSSR count). The summed E-state index contributed by atoms with van der Waals surface area (Å²) in [6.07, 6.45) is 2.05. The van der Waals surface area contributed by atoms with Gasteiger partial charge in [-0.1, -0.05) is 13.8 Å². The average Bonchev–Trinajstić information content (AvgIpc) is 2.24. The van der Waals surface area contributed by atoms with E-state index in [2.05, 4.69) is 9.97 Å². The molecule has 18 heavy (non-hydrogen) atoms. The zero-order valence-corrected chi connectivity index (χ0v) is 11.3. The van der Waals surface area contributed by atoms with Crippen molar-refractivity contribution < 1.29 is 14.6 Å². The zero-order chi connectivity index (χ0) is 13.7. The van der Waals surface area contributed by atoms with Crippen LogP contribution in [0.25, 0.3) is 0 Å². The Kier molecular flexibility index (Phi) is 5.07. The van der Waals surface area contributed by atoms with Gasteiger partial charge in [0.2, 0.25) is 5.88 Å². The van der Waals surface area contributed by atoms with E-state index >= 15 is 0 Å². The molecule has 0 bridgehead atoms. The molecule has 0 amide bonds. The minimum Gasteiger partial charge on any atom is -0.481 e. The summed E-state index contributed by atoms with van der Waals surface area (Å²) in [6.45, 7) is 7.74. The van der Waals surface area contributed by atoms with Gasteiger partial charge in [0, 0.05) is 12.3 Å². The van der Waals surface area contributed by atoms with Crippen LogP contribution >= 0.6 is 0 Å². The van der Waals surface area contributed by atoms with Gasteiger partial charge in [0.25, 0.3) is 0 Å². The van der Waals surface area contributed by atoms with Crippen LogP contribution in [0.4, 0.5) is 0 Å². The van der Waals surface area contributed by atoms with E-state index in [4.69, 9.17) is 4.74 Å². The number of hydrogen-bond acceptors (Lipinski definition) is 4. The van der Waals surface area contributed by atoms with E-state index in [0.29, 0.717) is 18.1 Å². The molecule has 1 atom stereocenters. The second-order valence-electron chi connectivity index (χ2n) is 4.94. The number of aliphatic carboxylic acids is 1. The third-order valence-corrected chi connectivity index (χ3v) is 2.32. The minimum atomic E-state index is -0.898. The quantitative estimate of drug-likeness (QED) is 0.842. The molecule has 0 aliphatic carbocycles.